The molecule has 0 saturated heterocycles. The smallest absolute Gasteiger partial charge is 0.108 e. The number of nitrogens with zero attached hydrogens (tertiary/aromatic N) is 1. The summed E-state index contributed by atoms with van der Waals surface area (Å²) in [5.41, 5.74) is 10.2. The highest BCUT2D eigenvalue weighted by Crippen LogP contribution is 2.43. The van der Waals surface area contributed by atoms with Crippen LogP contribution < -0.4 is 21.2 Å². The normalized spacial score (nSPS) is 22.3. The predicted molar refractivity (Wildman–Crippen MR) is 194 cm³/mol. The van der Waals surface area contributed by atoms with Crippen LogP contribution in [0.3, 0.4) is 0 Å². The van der Waals surface area contributed by atoms with E-state index in [4.69, 9.17) is 0 Å². The van der Waals surface area contributed by atoms with E-state index in [2.05, 4.69) is 179 Å². The molecule has 0 saturated carbocycles. The first-order valence-corrected chi connectivity index (χ1v) is 16.6. The number of hydrogen-bond acceptors (Lipinski definition) is 2. The van der Waals surface area contributed by atoms with Crippen LogP contribution in [0.2, 0.25) is 0 Å². The summed E-state index contributed by atoms with van der Waals surface area (Å²) in [6.45, 7) is 0. The number of benzene rings is 5. The lowest BCUT2D eigenvalue weighted by atomic mass is 9.70. The average molecular weight is 604 g/mol. The van der Waals surface area contributed by atoms with Crippen LogP contribution in [0.15, 0.2) is 158 Å². The fourth-order valence-corrected chi connectivity index (χ4v) is 8.32. The Morgan fingerprint density at radius 2 is 1.45 bits per heavy atom. The third-order valence-electron chi connectivity index (χ3n) is 10.4. The van der Waals surface area contributed by atoms with Crippen molar-refractivity contribution < 1.29 is 0 Å². The Labute approximate surface area is 273 Å². The topological polar surface area (TPSA) is 29.0 Å². The molecule has 6 aromatic rings. The summed E-state index contributed by atoms with van der Waals surface area (Å²) in [6.07, 6.45) is 16.1. The molecule has 5 aromatic carbocycles. The maximum atomic E-state index is 4.06. The van der Waals surface area contributed by atoms with Crippen molar-refractivity contribution in [2.45, 2.75) is 12.3 Å². The number of nitrogens with one attached hydrogen (secondary N) is 2. The largest absolute Gasteiger partial charge is 0.366 e. The van der Waals surface area contributed by atoms with E-state index in [9.17, 15) is 0 Å². The van der Waals surface area contributed by atoms with Crippen molar-refractivity contribution in [3.05, 3.63) is 191 Å². The minimum atomic E-state index is -0.101. The molecule has 3 heteroatoms. The van der Waals surface area contributed by atoms with E-state index >= 15 is 0 Å². The summed E-state index contributed by atoms with van der Waals surface area (Å²) in [6, 6.07) is 44.1. The van der Waals surface area contributed by atoms with Gasteiger partial charge in [0, 0.05) is 28.1 Å². The third kappa shape index (κ3) is 4.10. The van der Waals surface area contributed by atoms with Gasteiger partial charge < -0.3 is 9.88 Å². The molecular formula is C44H33N3. The summed E-state index contributed by atoms with van der Waals surface area (Å²) in [7, 11) is 0. The van der Waals surface area contributed by atoms with Crippen LogP contribution >= 0.6 is 0 Å². The monoisotopic (exact) mass is 603 g/mol. The van der Waals surface area contributed by atoms with Crippen molar-refractivity contribution in [2.75, 3.05) is 0 Å². The second-order valence-corrected chi connectivity index (χ2v) is 13.0. The van der Waals surface area contributed by atoms with Gasteiger partial charge in [-0.25, -0.2) is 0 Å². The number of rotatable bonds is 3. The molecule has 4 aliphatic rings. The molecule has 1 aromatic heterocycles. The van der Waals surface area contributed by atoms with Gasteiger partial charge in [-0.1, -0.05) is 146 Å². The zero-order chi connectivity index (χ0) is 30.9. The van der Waals surface area contributed by atoms with E-state index in [0.717, 1.165) is 5.70 Å². The fraction of sp³-hybridized carbons (Fsp3) is 0.0909. The number of hydrogen-bond donors (Lipinski definition) is 2. The molecule has 0 fully saturated rings. The molecule has 4 unspecified atom stereocenters. The molecule has 1 aliphatic heterocycles. The van der Waals surface area contributed by atoms with Crippen molar-refractivity contribution in [1.82, 2.24) is 15.2 Å². The van der Waals surface area contributed by atoms with Crippen molar-refractivity contribution in [3.63, 3.8) is 0 Å². The van der Waals surface area contributed by atoms with Crippen LogP contribution in [0.25, 0.3) is 44.6 Å². The molecule has 0 radical (unpaired) electrons. The summed E-state index contributed by atoms with van der Waals surface area (Å²) < 4.78 is 2.58. The van der Waals surface area contributed by atoms with Crippen LogP contribution in [-0.2, 0) is 0 Å². The fourth-order valence-electron chi connectivity index (χ4n) is 8.32. The molecular weight excluding hydrogens is 571 g/mol. The molecule has 0 amide bonds. The quantitative estimate of drug-likeness (QED) is 0.215. The van der Waals surface area contributed by atoms with Gasteiger partial charge in [-0.05, 0) is 62.4 Å². The second kappa shape index (κ2) is 10.4. The molecule has 3 aliphatic carbocycles. The first-order chi connectivity index (χ1) is 23.3. The van der Waals surface area contributed by atoms with Crippen LogP contribution in [0, 0.1) is 11.8 Å². The van der Waals surface area contributed by atoms with E-state index < -0.39 is 0 Å². The molecule has 3 nitrogen and oxygen atoms in total. The molecule has 2 N–H and O–H groups in total. The van der Waals surface area contributed by atoms with Gasteiger partial charge in [-0.15, -0.1) is 0 Å². The molecule has 10 rings (SSSR count). The molecule has 4 atom stereocenters. The Kier molecular flexibility index (Phi) is 5.91. The van der Waals surface area contributed by atoms with Crippen LogP contribution in [-0.4, -0.2) is 4.57 Å². The van der Waals surface area contributed by atoms with E-state index in [-0.39, 0.29) is 24.2 Å². The number of allylic oxidation sites excluding steroid dienone is 5. The Morgan fingerprint density at radius 1 is 0.638 bits per heavy atom. The molecule has 224 valence electrons. The SMILES string of the molecule is C1=CC2=c3c(c4ccccc4n3C3C=C(c4ccccc4)NC(c4ccc5ccccc5c4)N3)=C3c4ccccc4C=CC3C2C=C1. The van der Waals surface area contributed by atoms with Crippen LogP contribution in [0.4, 0.5) is 0 Å². The van der Waals surface area contributed by atoms with Gasteiger partial charge in [0.25, 0.3) is 0 Å². The Bertz CT molecular complexity index is 2490. The highest BCUT2D eigenvalue weighted by Gasteiger charge is 2.36. The molecule has 47 heavy (non-hydrogen) atoms. The molecule has 0 bridgehead atoms. The highest BCUT2D eigenvalue weighted by atomic mass is 15.3. The zero-order valence-corrected chi connectivity index (χ0v) is 25.8. The van der Waals surface area contributed by atoms with Crippen molar-refractivity contribution in [1.29, 1.82) is 0 Å². The summed E-state index contributed by atoms with van der Waals surface area (Å²) in [5.74, 6) is 0.556. The van der Waals surface area contributed by atoms with Gasteiger partial charge in [0.05, 0.1) is 10.9 Å². The van der Waals surface area contributed by atoms with Gasteiger partial charge in [0.2, 0.25) is 0 Å². The standard InChI is InChI=1S/C44H33N3/c1-2-14-30(15-3-1)38-27-40(46-44(45-38)32-23-22-28-12-4-5-16-31(28)26-32)47-39-21-11-10-20-37(39)42-41-33-17-7-6-13-29(33)24-25-35(41)34-18-8-9-19-36(34)43(42)47/h1-27,34-35,40,44-46H. The lowest BCUT2D eigenvalue weighted by Crippen LogP contribution is -2.48. The van der Waals surface area contributed by atoms with E-state index in [1.165, 1.54) is 65.6 Å². The van der Waals surface area contributed by atoms with Gasteiger partial charge in [0.1, 0.15) is 12.3 Å². The minimum absolute atomic E-state index is 0.0912. The van der Waals surface area contributed by atoms with Crippen LogP contribution in [0.5, 0.6) is 0 Å². The number of fused-ring (bicyclic) bond motifs is 9. The zero-order valence-electron chi connectivity index (χ0n) is 25.8. The maximum Gasteiger partial charge on any atom is 0.108 e. The first kappa shape index (κ1) is 26.6. The summed E-state index contributed by atoms with van der Waals surface area (Å²) in [4.78, 5) is 0. The lowest BCUT2D eigenvalue weighted by molar-refractivity contribution is 0.373. The average Bonchev–Trinajstić information content (AvgIpc) is 3.50. The van der Waals surface area contributed by atoms with E-state index in [1.54, 1.807) is 0 Å². The van der Waals surface area contributed by atoms with Gasteiger partial charge in [-0.2, -0.15) is 0 Å². The minimum Gasteiger partial charge on any atom is -0.366 e. The third-order valence-corrected chi connectivity index (χ3v) is 10.4. The van der Waals surface area contributed by atoms with Crippen molar-refractivity contribution in [2.24, 2.45) is 11.8 Å². The van der Waals surface area contributed by atoms with E-state index in [0.29, 0.717) is 0 Å². The van der Waals surface area contributed by atoms with Gasteiger partial charge in [0.15, 0.2) is 0 Å². The van der Waals surface area contributed by atoms with Gasteiger partial charge in [-0.3, -0.25) is 5.32 Å². The maximum absolute atomic E-state index is 4.06. The second-order valence-electron chi connectivity index (χ2n) is 13.0. The molecule has 2 heterocycles. The first-order valence-electron chi connectivity index (χ1n) is 16.6. The Hall–Kier alpha value is -5.64. The van der Waals surface area contributed by atoms with Crippen molar-refractivity contribution >= 4 is 44.6 Å². The summed E-state index contributed by atoms with van der Waals surface area (Å²) in [5, 5.41) is 14.4. The van der Waals surface area contributed by atoms with Crippen molar-refractivity contribution in [3.8, 4) is 0 Å². The van der Waals surface area contributed by atoms with Gasteiger partial charge >= 0.3 is 0 Å². The number of aromatic nitrogens is 1. The highest BCUT2D eigenvalue weighted by molar-refractivity contribution is 5.93. The summed E-state index contributed by atoms with van der Waals surface area (Å²) >= 11 is 0. The Balaban J connectivity index is 1.27. The van der Waals surface area contributed by atoms with E-state index in [1.807, 2.05) is 0 Å². The predicted octanol–water partition coefficient (Wildman–Crippen LogP) is 7.97. The number of para-hydroxylation sites is 1. The molecule has 0 spiro atoms. The van der Waals surface area contributed by atoms with Crippen LogP contribution in [0.1, 0.15) is 34.6 Å². The Morgan fingerprint density at radius 3 is 2.38 bits per heavy atom. The lowest BCUT2D eigenvalue weighted by Gasteiger charge is -2.36.